The van der Waals surface area contributed by atoms with Crippen LogP contribution in [0.4, 0.5) is 0 Å². The second-order valence-corrected chi connectivity index (χ2v) is 6.38. The van der Waals surface area contributed by atoms with Crippen molar-refractivity contribution < 1.29 is 9.90 Å². The topological polar surface area (TPSA) is 52.6 Å². The van der Waals surface area contributed by atoms with E-state index in [4.69, 9.17) is 0 Å². The van der Waals surface area contributed by atoms with Crippen LogP contribution in [0.1, 0.15) is 47.5 Å². The first-order chi connectivity index (χ1) is 8.24. The summed E-state index contributed by atoms with van der Waals surface area (Å²) < 4.78 is 0. The predicted molar refractivity (Wildman–Crippen MR) is 73.7 cm³/mol. The lowest BCUT2D eigenvalue weighted by atomic mass is 9.92. The summed E-state index contributed by atoms with van der Waals surface area (Å²) in [5, 5.41) is 12.6. The van der Waals surface area contributed by atoms with E-state index in [2.05, 4.69) is 24.1 Å². The smallest absolute Gasteiger partial charge is 0.323 e. The van der Waals surface area contributed by atoms with Gasteiger partial charge in [0.1, 0.15) is 5.54 Å². The molecule has 0 saturated carbocycles. The number of carboxylic acids is 1. The van der Waals surface area contributed by atoms with Gasteiger partial charge in [-0.3, -0.25) is 10.1 Å². The third kappa shape index (κ3) is 3.95. The summed E-state index contributed by atoms with van der Waals surface area (Å²) in [7, 11) is 0. The number of carbonyl (C=O) groups is 1. The van der Waals surface area contributed by atoms with Crippen LogP contribution in [0, 0.1) is 5.92 Å². The highest BCUT2D eigenvalue weighted by atomic mass is 16.4. The van der Waals surface area contributed by atoms with E-state index < -0.39 is 11.5 Å². The highest BCUT2D eigenvalue weighted by molar-refractivity contribution is 5.78. The fourth-order valence-corrected chi connectivity index (χ4v) is 2.93. The number of hydrogen-bond acceptors (Lipinski definition) is 3. The molecule has 2 N–H and O–H groups in total. The minimum absolute atomic E-state index is 0.177. The van der Waals surface area contributed by atoms with Crippen molar-refractivity contribution in [3.63, 3.8) is 0 Å². The number of hydrogen-bond donors (Lipinski definition) is 2. The van der Waals surface area contributed by atoms with Gasteiger partial charge < -0.3 is 10.0 Å². The lowest BCUT2D eigenvalue weighted by Gasteiger charge is -2.34. The van der Waals surface area contributed by atoms with Crippen LogP contribution in [0.15, 0.2) is 0 Å². The second-order valence-electron chi connectivity index (χ2n) is 6.38. The fraction of sp³-hybridized carbons (Fsp3) is 0.929. The average molecular weight is 256 g/mol. The van der Waals surface area contributed by atoms with Crippen LogP contribution >= 0.6 is 0 Å². The van der Waals surface area contributed by atoms with Crippen molar-refractivity contribution in [2.45, 2.75) is 65.1 Å². The Hall–Kier alpha value is -0.610. The molecule has 1 saturated heterocycles. The molecular formula is C14H28N2O2. The van der Waals surface area contributed by atoms with E-state index in [1.807, 2.05) is 13.8 Å². The van der Waals surface area contributed by atoms with E-state index in [0.717, 1.165) is 19.0 Å². The van der Waals surface area contributed by atoms with Gasteiger partial charge >= 0.3 is 5.97 Å². The third-order valence-corrected chi connectivity index (χ3v) is 3.86. The maximum Gasteiger partial charge on any atom is 0.323 e. The summed E-state index contributed by atoms with van der Waals surface area (Å²) in [4.78, 5) is 13.9. The first kappa shape index (κ1) is 15.4. The van der Waals surface area contributed by atoms with Crippen LogP contribution in [-0.4, -0.2) is 46.7 Å². The maximum atomic E-state index is 11.5. The Bertz CT molecular complexity index is 294. The molecule has 1 aliphatic rings. The Kier molecular flexibility index (Phi) is 5.17. The van der Waals surface area contributed by atoms with Crippen molar-refractivity contribution in [1.29, 1.82) is 0 Å². The first-order valence-corrected chi connectivity index (χ1v) is 6.99. The number of likely N-dealkylation sites (tertiary alicyclic amines) is 1. The number of aliphatic carboxylic acids is 1. The molecule has 0 aromatic rings. The summed E-state index contributed by atoms with van der Waals surface area (Å²) in [5.74, 6) is -0.0168. The number of carboxylic acid groups (broad SMARTS) is 1. The van der Waals surface area contributed by atoms with Crippen LogP contribution in [0.25, 0.3) is 0 Å². The highest BCUT2D eigenvalue weighted by Crippen LogP contribution is 2.23. The molecule has 0 bridgehead atoms. The fourth-order valence-electron chi connectivity index (χ4n) is 2.93. The summed E-state index contributed by atoms with van der Waals surface area (Å²) in [5.41, 5.74) is -0.834. The monoisotopic (exact) mass is 256 g/mol. The van der Waals surface area contributed by atoms with Gasteiger partial charge in [0, 0.05) is 18.6 Å². The lowest BCUT2D eigenvalue weighted by Crippen LogP contribution is -2.55. The van der Waals surface area contributed by atoms with Gasteiger partial charge in [0.2, 0.25) is 0 Å². The Labute approximate surface area is 111 Å². The predicted octanol–water partition coefficient (Wildman–Crippen LogP) is 1.95. The molecule has 0 aromatic heterocycles. The molecule has 1 heterocycles. The molecule has 0 radical (unpaired) electrons. The molecule has 0 aromatic carbocycles. The van der Waals surface area contributed by atoms with Crippen molar-refractivity contribution in [3.05, 3.63) is 0 Å². The van der Waals surface area contributed by atoms with Gasteiger partial charge in [-0.2, -0.15) is 0 Å². The average Bonchev–Trinajstić information content (AvgIpc) is 2.63. The molecule has 1 rings (SSSR count). The van der Waals surface area contributed by atoms with E-state index >= 15 is 0 Å². The van der Waals surface area contributed by atoms with Crippen molar-refractivity contribution in [2.24, 2.45) is 5.92 Å². The van der Waals surface area contributed by atoms with Crippen molar-refractivity contribution in [1.82, 2.24) is 10.2 Å². The molecule has 3 unspecified atom stereocenters. The van der Waals surface area contributed by atoms with Gasteiger partial charge in [0.15, 0.2) is 0 Å². The van der Waals surface area contributed by atoms with Gasteiger partial charge in [-0.05, 0) is 53.0 Å². The Morgan fingerprint density at radius 2 is 2.11 bits per heavy atom. The summed E-state index contributed by atoms with van der Waals surface area (Å²) in [6.07, 6.45) is 1.87. The van der Waals surface area contributed by atoms with Crippen LogP contribution in [0.2, 0.25) is 0 Å². The largest absolute Gasteiger partial charge is 0.480 e. The Morgan fingerprint density at radius 3 is 2.50 bits per heavy atom. The molecule has 0 amide bonds. The van der Waals surface area contributed by atoms with Crippen molar-refractivity contribution in [2.75, 3.05) is 13.1 Å². The molecular weight excluding hydrogens is 228 g/mol. The normalized spacial score (nSPS) is 26.2. The summed E-state index contributed by atoms with van der Waals surface area (Å²) in [6.45, 7) is 12.4. The van der Waals surface area contributed by atoms with E-state index in [1.54, 1.807) is 6.92 Å². The SMILES string of the molecule is CC1CCN(C(C)CC(C)(NC(C)C)C(=O)O)C1. The van der Waals surface area contributed by atoms with Crippen LogP contribution < -0.4 is 5.32 Å². The molecule has 0 spiro atoms. The number of nitrogens with zero attached hydrogens (tertiary/aromatic N) is 1. The second kappa shape index (κ2) is 6.02. The van der Waals surface area contributed by atoms with Gasteiger partial charge in [0.25, 0.3) is 0 Å². The van der Waals surface area contributed by atoms with Crippen molar-refractivity contribution >= 4 is 5.97 Å². The molecule has 106 valence electrons. The molecule has 1 fully saturated rings. The Balaban J connectivity index is 2.63. The third-order valence-electron chi connectivity index (χ3n) is 3.86. The van der Waals surface area contributed by atoms with Gasteiger partial charge in [-0.1, -0.05) is 6.92 Å². The Morgan fingerprint density at radius 1 is 1.50 bits per heavy atom. The summed E-state index contributed by atoms with van der Waals surface area (Å²) in [6, 6.07) is 0.484. The van der Waals surface area contributed by atoms with E-state index in [1.165, 1.54) is 6.42 Å². The van der Waals surface area contributed by atoms with Crippen LogP contribution in [0.3, 0.4) is 0 Å². The molecule has 18 heavy (non-hydrogen) atoms. The van der Waals surface area contributed by atoms with E-state index in [9.17, 15) is 9.90 Å². The zero-order valence-corrected chi connectivity index (χ0v) is 12.4. The number of rotatable bonds is 6. The maximum absolute atomic E-state index is 11.5. The minimum Gasteiger partial charge on any atom is -0.480 e. The molecule has 4 heteroatoms. The van der Waals surface area contributed by atoms with E-state index in [0.29, 0.717) is 12.5 Å². The number of nitrogens with one attached hydrogen (secondary N) is 1. The molecule has 1 aliphatic heterocycles. The lowest BCUT2D eigenvalue weighted by molar-refractivity contribution is -0.145. The quantitative estimate of drug-likeness (QED) is 0.762. The highest BCUT2D eigenvalue weighted by Gasteiger charge is 2.37. The van der Waals surface area contributed by atoms with Crippen molar-refractivity contribution in [3.8, 4) is 0 Å². The zero-order valence-electron chi connectivity index (χ0n) is 12.4. The minimum atomic E-state index is -0.834. The van der Waals surface area contributed by atoms with Gasteiger partial charge in [0.05, 0.1) is 0 Å². The summed E-state index contributed by atoms with van der Waals surface area (Å²) >= 11 is 0. The molecule has 4 nitrogen and oxygen atoms in total. The first-order valence-electron chi connectivity index (χ1n) is 6.99. The molecule has 3 atom stereocenters. The molecule has 0 aliphatic carbocycles. The standard InChI is InChI=1S/C14H28N2O2/c1-10(2)15-14(5,13(17)18)8-12(4)16-7-6-11(3)9-16/h10-12,15H,6-9H2,1-5H3,(H,17,18). The van der Waals surface area contributed by atoms with E-state index in [-0.39, 0.29) is 6.04 Å². The van der Waals surface area contributed by atoms with Gasteiger partial charge in [-0.15, -0.1) is 0 Å². The van der Waals surface area contributed by atoms with Crippen LogP contribution in [0.5, 0.6) is 0 Å². The van der Waals surface area contributed by atoms with Gasteiger partial charge in [-0.25, -0.2) is 0 Å². The van der Waals surface area contributed by atoms with Crippen LogP contribution in [-0.2, 0) is 4.79 Å². The zero-order chi connectivity index (χ0) is 13.9.